The predicted molar refractivity (Wildman–Crippen MR) is 88.4 cm³/mol. The molecule has 0 aliphatic carbocycles. The minimum Gasteiger partial charge on any atom is -0.478 e. The van der Waals surface area contributed by atoms with Crippen molar-refractivity contribution in [3.05, 3.63) is 59.2 Å². The van der Waals surface area contributed by atoms with Gasteiger partial charge in [0.15, 0.2) is 5.69 Å². The summed E-state index contributed by atoms with van der Waals surface area (Å²) in [6, 6.07) is 7.98. The first-order valence-corrected chi connectivity index (χ1v) is 7.45. The van der Waals surface area contributed by atoms with E-state index in [1.807, 2.05) is 31.2 Å². The van der Waals surface area contributed by atoms with Crippen molar-refractivity contribution < 1.29 is 14.7 Å². The molecule has 0 atom stereocenters. The number of rotatable bonds is 5. The molecule has 0 saturated heterocycles. The number of carbonyl (C=O) groups is 2. The number of aryl methyl sites for hydroxylation is 2. The van der Waals surface area contributed by atoms with Gasteiger partial charge >= 0.3 is 5.97 Å². The second kappa shape index (κ2) is 6.56. The second-order valence-corrected chi connectivity index (χ2v) is 5.58. The maximum Gasteiger partial charge on any atom is 0.339 e. The third-order valence-corrected chi connectivity index (χ3v) is 3.50. The van der Waals surface area contributed by atoms with Crippen LogP contribution in [0.15, 0.2) is 36.8 Å². The Morgan fingerprint density at radius 3 is 2.60 bits per heavy atom. The van der Waals surface area contributed by atoms with Gasteiger partial charge < -0.3 is 5.11 Å². The van der Waals surface area contributed by atoms with Crippen LogP contribution in [0.5, 0.6) is 0 Å². The van der Waals surface area contributed by atoms with E-state index in [9.17, 15) is 9.59 Å². The molecule has 0 fully saturated rings. The van der Waals surface area contributed by atoms with E-state index >= 15 is 0 Å². The Morgan fingerprint density at radius 1 is 1.20 bits per heavy atom. The summed E-state index contributed by atoms with van der Waals surface area (Å²) in [5.41, 5.74) is 1.84. The van der Waals surface area contributed by atoms with Crippen molar-refractivity contribution in [2.24, 2.45) is 7.05 Å². The maximum absolute atomic E-state index is 12.2. The quantitative estimate of drug-likeness (QED) is 0.724. The Bertz CT molecular complexity index is 926. The molecule has 128 valence electrons. The molecule has 0 saturated carbocycles. The van der Waals surface area contributed by atoms with Gasteiger partial charge in [-0.2, -0.15) is 5.10 Å². The van der Waals surface area contributed by atoms with Gasteiger partial charge in [0.1, 0.15) is 11.9 Å². The highest BCUT2D eigenvalue weighted by molar-refractivity contribution is 6.08. The van der Waals surface area contributed by atoms with Gasteiger partial charge in [-0.15, -0.1) is 5.10 Å². The number of anilines is 1. The standard InChI is InChI=1S/C16H16N6O3/c1-10-3-5-11(6-4-10)7-22-9-17-16(20-22)18-14(23)13-12(15(24)25)8-21(2)19-13/h3-6,8-9H,7H2,1-2H3,(H,24,25)(H,18,20,23). The third-order valence-electron chi connectivity index (χ3n) is 3.50. The monoisotopic (exact) mass is 340 g/mol. The molecule has 0 unspecified atom stereocenters. The normalized spacial score (nSPS) is 10.6. The molecule has 0 spiro atoms. The van der Waals surface area contributed by atoms with Crippen LogP contribution >= 0.6 is 0 Å². The minimum atomic E-state index is -1.23. The molecule has 3 aromatic rings. The minimum absolute atomic E-state index is 0.0825. The molecular weight excluding hydrogens is 324 g/mol. The van der Waals surface area contributed by atoms with Crippen LogP contribution in [0.1, 0.15) is 32.0 Å². The van der Waals surface area contributed by atoms with Gasteiger partial charge in [0.05, 0.1) is 6.54 Å². The van der Waals surface area contributed by atoms with Crippen LogP contribution in [0.3, 0.4) is 0 Å². The van der Waals surface area contributed by atoms with E-state index in [4.69, 9.17) is 5.11 Å². The number of nitrogens with zero attached hydrogens (tertiary/aromatic N) is 5. The average molecular weight is 340 g/mol. The van der Waals surface area contributed by atoms with Crippen LogP contribution in [-0.4, -0.2) is 41.5 Å². The molecule has 25 heavy (non-hydrogen) atoms. The number of amides is 1. The number of benzene rings is 1. The summed E-state index contributed by atoms with van der Waals surface area (Å²) in [5.74, 6) is -1.82. The summed E-state index contributed by atoms with van der Waals surface area (Å²) in [7, 11) is 1.54. The first-order valence-electron chi connectivity index (χ1n) is 7.45. The van der Waals surface area contributed by atoms with E-state index in [2.05, 4.69) is 20.5 Å². The molecular formula is C16H16N6O3. The van der Waals surface area contributed by atoms with E-state index in [0.29, 0.717) is 6.54 Å². The number of nitrogens with one attached hydrogen (secondary N) is 1. The molecule has 3 rings (SSSR count). The molecule has 0 bridgehead atoms. The van der Waals surface area contributed by atoms with Crippen molar-refractivity contribution >= 4 is 17.8 Å². The fourth-order valence-electron chi connectivity index (χ4n) is 2.28. The maximum atomic E-state index is 12.2. The molecule has 0 aliphatic rings. The van der Waals surface area contributed by atoms with Crippen molar-refractivity contribution in [3.63, 3.8) is 0 Å². The smallest absolute Gasteiger partial charge is 0.339 e. The van der Waals surface area contributed by atoms with Crippen molar-refractivity contribution in [2.45, 2.75) is 13.5 Å². The summed E-state index contributed by atoms with van der Waals surface area (Å²) in [4.78, 5) is 27.4. The number of hydrogen-bond acceptors (Lipinski definition) is 5. The molecule has 2 heterocycles. The van der Waals surface area contributed by atoms with Gasteiger partial charge in [-0.25, -0.2) is 14.5 Å². The molecule has 9 heteroatoms. The molecule has 1 amide bonds. The van der Waals surface area contributed by atoms with Crippen molar-refractivity contribution in [1.82, 2.24) is 24.5 Å². The summed E-state index contributed by atoms with van der Waals surface area (Å²) < 4.78 is 2.85. The van der Waals surface area contributed by atoms with Crippen molar-refractivity contribution in [1.29, 1.82) is 0 Å². The Hall–Kier alpha value is -3.49. The lowest BCUT2D eigenvalue weighted by Gasteiger charge is -2.02. The summed E-state index contributed by atoms with van der Waals surface area (Å²) in [6.45, 7) is 2.52. The molecule has 0 radical (unpaired) electrons. The summed E-state index contributed by atoms with van der Waals surface area (Å²) in [5, 5.41) is 19.6. The fraction of sp³-hybridized carbons (Fsp3) is 0.188. The average Bonchev–Trinajstić information content (AvgIpc) is 3.16. The lowest BCUT2D eigenvalue weighted by atomic mass is 10.1. The lowest BCUT2D eigenvalue weighted by Crippen LogP contribution is -2.17. The van der Waals surface area contributed by atoms with Gasteiger partial charge in [0, 0.05) is 13.2 Å². The number of carbonyl (C=O) groups excluding carboxylic acids is 1. The lowest BCUT2D eigenvalue weighted by molar-refractivity contribution is 0.0692. The van der Waals surface area contributed by atoms with Gasteiger partial charge in [0.2, 0.25) is 5.95 Å². The number of hydrogen-bond donors (Lipinski definition) is 2. The zero-order valence-electron chi connectivity index (χ0n) is 13.7. The highest BCUT2D eigenvalue weighted by atomic mass is 16.4. The predicted octanol–water partition coefficient (Wildman–Crippen LogP) is 1.32. The van der Waals surface area contributed by atoms with E-state index in [1.165, 1.54) is 29.8 Å². The highest BCUT2D eigenvalue weighted by Gasteiger charge is 2.22. The summed E-state index contributed by atoms with van der Waals surface area (Å²) >= 11 is 0. The van der Waals surface area contributed by atoms with Crippen molar-refractivity contribution in [3.8, 4) is 0 Å². The first-order chi connectivity index (χ1) is 11.9. The molecule has 0 aliphatic heterocycles. The fourth-order valence-corrected chi connectivity index (χ4v) is 2.28. The summed E-state index contributed by atoms with van der Waals surface area (Å²) in [6.07, 6.45) is 2.76. The molecule has 2 aromatic heterocycles. The van der Waals surface area contributed by atoms with Crippen LogP contribution < -0.4 is 5.32 Å². The number of aromatic nitrogens is 5. The van der Waals surface area contributed by atoms with E-state index in [1.54, 1.807) is 4.68 Å². The van der Waals surface area contributed by atoms with Gasteiger partial charge in [-0.05, 0) is 12.5 Å². The highest BCUT2D eigenvalue weighted by Crippen LogP contribution is 2.10. The Kier molecular flexibility index (Phi) is 4.29. The third kappa shape index (κ3) is 3.71. The van der Waals surface area contributed by atoms with Gasteiger partial charge in [0.25, 0.3) is 5.91 Å². The second-order valence-electron chi connectivity index (χ2n) is 5.58. The zero-order chi connectivity index (χ0) is 18.0. The molecule has 9 nitrogen and oxygen atoms in total. The first kappa shape index (κ1) is 16.4. The van der Waals surface area contributed by atoms with Crippen molar-refractivity contribution in [2.75, 3.05) is 5.32 Å². The SMILES string of the molecule is Cc1ccc(Cn2cnc(NC(=O)c3nn(C)cc3C(=O)O)n2)cc1. The molecule has 1 aromatic carbocycles. The van der Waals surface area contributed by atoms with Crippen LogP contribution in [0.25, 0.3) is 0 Å². The van der Waals surface area contributed by atoms with Gasteiger partial charge in [-0.1, -0.05) is 29.8 Å². The van der Waals surface area contributed by atoms with Crippen LogP contribution in [0, 0.1) is 6.92 Å². The van der Waals surface area contributed by atoms with Gasteiger partial charge in [-0.3, -0.25) is 14.8 Å². The zero-order valence-corrected chi connectivity index (χ0v) is 13.7. The topological polar surface area (TPSA) is 115 Å². The number of carboxylic acids is 1. The van der Waals surface area contributed by atoms with E-state index < -0.39 is 11.9 Å². The van der Waals surface area contributed by atoms with Crippen LogP contribution in [0.4, 0.5) is 5.95 Å². The number of carboxylic acid groups (broad SMARTS) is 1. The Morgan fingerprint density at radius 2 is 1.92 bits per heavy atom. The Labute approximate surface area is 142 Å². The Balaban J connectivity index is 1.72. The number of aromatic carboxylic acids is 1. The largest absolute Gasteiger partial charge is 0.478 e. The molecule has 2 N–H and O–H groups in total. The van der Waals surface area contributed by atoms with E-state index in [-0.39, 0.29) is 17.2 Å². The van der Waals surface area contributed by atoms with Crippen LogP contribution in [0.2, 0.25) is 0 Å². The van der Waals surface area contributed by atoms with E-state index in [0.717, 1.165) is 5.56 Å². The van der Waals surface area contributed by atoms with Crippen LogP contribution in [-0.2, 0) is 13.6 Å².